The van der Waals surface area contributed by atoms with E-state index >= 15 is 0 Å². The number of carbonyl (C=O) groups excluding carboxylic acids is 1. The zero-order valence-corrected chi connectivity index (χ0v) is 12.9. The van der Waals surface area contributed by atoms with E-state index in [1.807, 2.05) is 0 Å². The summed E-state index contributed by atoms with van der Waals surface area (Å²) >= 11 is 5.64. The molecule has 2 amide bonds. The summed E-state index contributed by atoms with van der Waals surface area (Å²) in [5.41, 5.74) is -0.265. The molecule has 0 saturated carbocycles. The summed E-state index contributed by atoms with van der Waals surface area (Å²) in [4.78, 5) is 23.5. The van der Waals surface area contributed by atoms with Crippen LogP contribution in [0.3, 0.4) is 0 Å². The predicted octanol–water partition coefficient (Wildman–Crippen LogP) is 2.79. The Labute approximate surface area is 131 Å². The van der Waals surface area contributed by atoms with Crippen molar-refractivity contribution in [1.29, 1.82) is 0 Å². The molecule has 8 heteroatoms. The molecule has 0 saturated heterocycles. The summed E-state index contributed by atoms with van der Waals surface area (Å²) in [6.45, 7) is 0.460. The molecule has 1 aromatic rings. The highest BCUT2D eigenvalue weighted by atomic mass is 35.5. The molecule has 2 N–H and O–H groups in total. The molecule has 0 fully saturated rings. The van der Waals surface area contributed by atoms with Gasteiger partial charge in [-0.3, -0.25) is 4.79 Å². The number of hydrogen-bond acceptors (Lipinski definition) is 2. The first-order valence-electron chi connectivity index (χ1n) is 6.49. The van der Waals surface area contributed by atoms with Gasteiger partial charge in [0.1, 0.15) is 0 Å². The fourth-order valence-corrected chi connectivity index (χ4v) is 1.82. The van der Waals surface area contributed by atoms with Crippen LogP contribution in [0.1, 0.15) is 12.5 Å². The molecular weight excluding hydrogens is 318 g/mol. The van der Waals surface area contributed by atoms with Crippen molar-refractivity contribution in [2.75, 3.05) is 20.1 Å². The summed E-state index contributed by atoms with van der Waals surface area (Å²) < 4.78 is 27.9. The summed E-state index contributed by atoms with van der Waals surface area (Å²) in [6, 6.07) is 4.29. The van der Waals surface area contributed by atoms with Crippen LogP contribution in [0.25, 0.3) is 0 Å². The molecule has 5 nitrogen and oxygen atoms in total. The van der Waals surface area contributed by atoms with Crippen molar-refractivity contribution in [2.45, 2.75) is 12.8 Å². The van der Waals surface area contributed by atoms with Crippen molar-refractivity contribution in [3.05, 3.63) is 34.9 Å². The van der Waals surface area contributed by atoms with Crippen LogP contribution in [-0.4, -0.2) is 42.1 Å². The zero-order valence-electron chi connectivity index (χ0n) is 12.1. The fraction of sp³-hybridized carbons (Fsp3) is 0.429. The van der Waals surface area contributed by atoms with Gasteiger partial charge in [0.15, 0.2) is 0 Å². The Morgan fingerprint density at radius 3 is 2.41 bits per heavy atom. The van der Waals surface area contributed by atoms with Gasteiger partial charge in [0.25, 0.3) is 5.92 Å². The Hall–Kier alpha value is -1.89. The molecule has 0 aliphatic rings. The smallest absolute Gasteiger partial charge is 0.317 e. The van der Waals surface area contributed by atoms with Gasteiger partial charge in [0, 0.05) is 24.2 Å². The van der Waals surface area contributed by atoms with Crippen LogP contribution in [-0.2, 0) is 10.7 Å². The molecule has 22 heavy (non-hydrogen) atoms. The van der Waals surface area contributed by atoms with Crippen LogP contribution >= 0.6 is 11.6 Å². The number of benzene rings is 1. The number of hydrogen-bond donors (Lipinski definition) is 2. The Morgan fingerprint density at radius 1 is 1.36 bits per heavy atom. The number of halogens is 3. The lowest BCUT2D eigenvalue weighted by Crippen LogP contribution is -2.44. The van der Waals surface area contributed by atoms with Crippen molar-refractivity contribution in [3.63, 3.8) is 0 Å². The maximum absolute atomic E-state index is 13.9. The third-order valence-corrected chi connectivity index (χ3v) is 3.30. The normalized spacial score (nSPS) is 12.6. The minimum Gasteiger partial charge on any atom is -0.481 e. The molecule has 0 spiro atoms. The number of nitrogens with one attached hydrogen (secondary N) is 1. The number of carboxylic acids is 1. The zero-order chi connectivity index (χ0) is 16.9. The predicted molar refractivity (Wildman–Crippen MR) is 78.2 cm³/mol. The second-order valence-electron chi connectivity index (χ2n) is 4.99. The Bertz CT molecular complexity index is 537. The molecule has 1 rings (SSSR count). The van der Waals surface area contributed by atoms with E-state index in [4.69, 9.17) is 16.7 Å². The topological polar surface area (TPSA) is 69.6 Å². The van der Waals surface area contributed by atoms with Gasteiger partial charge in [-0.2, -0.15) is 8.78 Å². The molecule has 1 unspecified atom stereocenters. The minimum absolute atomic E-state index is 0.0757. The van der Waals surface area contributed by atoms with Gasteiger partial charge in [-0.15, -0.1) is 0 Å². The molecule has 0 aliphatic carbocycles. The number of carbonyl (C=O) groups is 2. The lowest BCUT2D eigenvalue weighted by atomic mass is 10.1. The van der Waals surface area contributed by atoms with E-state index in [9.17, 15) is 18.4 Å². The lowest BCUT2D eigenvalue weighted by molar-refractivity contribution is -0.141. The summed E-state index contributed by atoms with van der Waals surface area (Å²) in [5.74, 6) is -5.10. The van der Waals surface area contributed by atoms with Crippen molar-refractivity contribution in [1.82, 2.24) is 10.2 Å². The number of carboxylic acid groups (broad SMARTS) is 1. The van der Waals surface area contributed by atoms with Crippen molar-refractivity contribution in [2.24, 2.45) is 5.92 Å². The highest BCUT2D eigenvalue weighted by Crippen LogP contribution is 2.28. The Balaban J connectivity index is 2.58. The Kier molecular flexibility index (Phi) is 6.11. The van der Waals surface area contributed by atoms with Crippen molar-refractivity contribution < 1.29 is 23.5 Å². The monoisotopic (exact) mass is 334 g/mol. The van der Waals surface area contributed by atoms with E-state index < -0.39 is 30.4 Å². The summed E-state index contributed by atoms with van der Waals surface area (Å²) in [5, 5.41) is 11.2. The van der Waals surface area contributed by atoms with Crippen LogP contribution in [0.2, 0.25) is 5.02 Å². The van der Waals surface area contributed by atoms with Gasteiger partial charge < -0.3 is 15.3 Å². The molecule has 0 aromatic heterocycles. The number of nitrogens with zero attached hydrogens (tertiary/aromatic N) is 1. The SMILES string of the molecule is CC(CN(C)C(=O)NCC(F)(F)c1ccc(Cl)cc1)C(=O)O. The van der Waals surface area contributed by atoms with Crippen molar-refractivity contribution in [3.8, 4) is 0 Å². The van der Waals surface area contributed by atoms with E-state index in [1.165, 1.54) is 38.2 Å². The van der Waals surface area contributed by atoms with Crippen LogP contribution in [0.5, 0.6) is 0 Å². The molecule has 1 aromatic carbocycles. The second-order valence-corrected chi connectivity index (χ2v) is 5.43. The molecule has 0 aliphatic heterocycles. The first kappa shape index (κ1) is 18.2. The molecular formula is C14H17ClF2N2O3. The lowest BCUT2D eigenvalue weighted by Gasteiger charge is -2.22. The molecule has 1 atom stereocenters. The molecule has 0 bridgehead atoms. The fourth-order valence-electron chi connectivity index (χ4n) is 1.69. The quantitative estimate of drug-likeness (QED) is 0.840. The van der Waals surface area contributed by atoms with Gasteiger partial charge >= 0.3 is 12.0 Å². The summed E-state index contributed by atoms with van der Waals surface area (Å²) in [6.07, 6.45) is 0. The van der Waals surface area contributed by atoms with E-state index in [-0.39, 0.29) is 12.1 Å². The van der Waals surface area contributed by atoms with E-state index in [0.29, 0.717) is 5.02 Å². The number of aliphatic carboxylic acids is 1. The second kappa shape index (κ2) is 7.40. The maximum Gasteiger partial charge on any atom is 0.317 e. The largest absolute Gasteiger partial charge is 0.481 e. The van der Waals surface area contributed by atoms with Crippen LogP contribution in [0, 0.1) is 5.92 Å². The first-order chi connectivity index (χ1) is 10.1. The standard InChI is InChI=1S/C14H17ClF2N2O3/c1-9(12(20)21)7-19(2)13(22)18-8-14(16,17)10-3-5-11(15)6-4-10/h3-6,9H,7-8H2,1-2H3,(H,18,22)(H,20,21). The van der Waals surface area contributed by atoms with Crippen LogP contribution < -0.4 is 5.32 Å². The van der Waals surface area contributed by atoms with Gasteiger partial charge in [0.05, 0.1) is 12.5 Å². The molecule has 0 radical (unpaired) electrons. The van der Waals surface area contributed by atoms with Crippen LogP contribution in [0.4, 0.5) is 13.6 Å². The first-order valence-corrected chi connectivity index (χ1v) is 6.87. The number of alkyl halides is 2. The summed E-state index contributed by atoms with van der Waals surface area (Å²) in [7, 11) is 1.34. The van der Waals surface area contributed by atoms with E-state index in [0.717, 1.165) is 4.90 Å². The average Bonchev–Trinajstić information content (AvgIpc) is 2.45. The number of rotatable bonds is 6. The third kappa shape index (κ3) is 5.14. The number of amides is 2. The van der Waals surface area contributed by atoms with Crippen LogP contribution in [0.15, 0.2) is 24.3 Å². The maximum atomic E-state index is 13.9. The highest BCUT2D eigenvalue weighted by Gasteiger charge is 2.32. The third-order valence-electron chi connectivity index (χ3n) is 3.04. The van der Waals surface area contributed by atoms with E-state index in [2.05, 4.69) is 5.32 Å². The Morgan fingerprint density at radius 2 is 1.91 bits per heavy atom. The van der Waals surface area contributed by atoms with Gasteiger partial charge in [-0.1, -0.05) is 30.7 Å². The number of urea groups is 1. The van der Waals surface area contributed by atoms with Gasteiger partial charge in [-0.05, 0) is 12.1 Å². The average molecular weight is 335 g/mol. The minimum atomic E-state index is -3.25. The van der Waals surface area contributed by atoms with Crippen molar-refractivity contribution >= 4 is 23.6 Å². The van der Waals surface area contributed by atoms with Gasteiger partial charge in [-0.25, -0.2) is 4.79 Å². The molecule has 122 valence electrons. The van der Waals surface area contributed by atoms with E-state index in [1.54, 1.807) is 0 Å². The highest BCUT2D eigenvalue weighted by molar-refractivity contribution is 6.30. The molecule has 0 heterocycles. The van der Waals surface area contributed by atoms with Gasteiger partial charge in [0.2, 0.25) is 0 Å².